The number of nitrogens with one attached hydrogen (secondary N) is 1. The van der Waals surface area contributed by atoms with Crippen LogP contribution in [0.4, 0.5) is 4.39 Å². The van der Waals surface area contributed by atoms with Crippen molar-refractivity contribution >= 4 is 0 Å². The predicted molar refractivity (Wildman–Crippen MR) is 90.2 cm³/mol. The van der Waals surface area contributed by atoms with Crippen molar-refractivity contribution in [3.8, 4) is 0 Å². The lowest BCUT2D eigenvalue weighted by Crippen LogP contribution is -2.30. The van der Waals surface area contributed by atoms with Crippen molar-refractivity contribution in [1.82, 2.24) is 5.32 Å². The zero-order chi connectivity index (χ0) is 15.8. The van der Waals surface area contributed by atoms with E-state index in [1.807, 2.05) is 13.8 Å². The highest BCUT2D eigenvalue weighted by Crippen LogP contribution is 2.34. The molecule has 1 unspecified atom stereocenters. The molecule has 0 bridgehead atoms. The number of hydrogen-bond donors (Lipinski definition) is 1. The molecule has 0 radical (unpaired) electrons. The van der Waals surface area contributed by atoms with Gasteiger partial charge in [-0.05, 0) is 74.4 Å². The third-order valence-electron chi connectivity index (χ3n) is 4.27. The summed E-state index contributed by atoms with van der Waals surface area (Å²) >= 11 is 0. The Labute approximate surface area is 130 Å². The van der Waals surface area contributed by atoms with E-state index in [4.69, 9.17) is 0 Å². The Hall–Kier alpha value is -0.890. The van der Waals surface area contributed by atoms with E-state index in [1.54, 1.807) is 12.1 Å². The van der Waals surface area contributed by atoms with E-state index in [9.17, 15) is 4.39 Å². The Morgan fingerprint density at radius 3 is 1.90 bits per heavy atom. The summed E-state index contributed by atoms with van der Waals surface area (Å²) < 4.78 is 13.6. The second kappa shape index (κ2) is 9.19. The highest BCUT2D eigenvalue weighted by atomic mass is 19.1. The zero-order valence-corrected chi connectivity index (χ0v) is 14.4. The SMILES string of the molecule is CCCNC(c1c(C)cc(F)cc1C)C(CCC)CCC. The molecule has 0 spiro atoms. The molecule has 0 aliphatic heterocycles. The third kappa shape index (κ3) is 5.10. The van der Waals surface area contributed by atoms with Crippen LogP contribution in [0.1, 0.15) is 75.6 Å². The maximum Gasteiger partial charge on any atom is 0.123 e. The van der Waals surface area contributed by atoms with Gasteiger partial charge in [0, 0.05) is 6.04 Å². The third-order valence-corrected chi connectivity index (χ3v) is 4.27. The first-order valence-corrected chi connectivity index (χ1v) is 8.55. The first-order chi connectivity index (χ1) is 10.0. The van der Waals surface area contributed by atoms with Crippen LogP contribution < -0.4 is 5.32 Å². The molecular formula is C19H32FN. The molecule has 1 aromatic carbocycles. The van der Waals surface area contributed by atoms with Gasteiger partial charge in [-0.25, -0.2) is 4.39 Å². The van der Waals surface area contributed by atoms with Gasteiger partial charge >= 0.3 is 0 Å². The molecule has 0 saturated carbocycles. The summed E-state index contributed by atoms with van der Waals surface area (Å²) in [6.45, 7) is 11.8. The Kier molecular flexibility index (Phi) is 7.95. The van der Waals surface area contributed by atoms with Crippen LogP contribution in [-0.2, 0) is 0 Å². The van der Waals surface area contributed by atoms with Crippen molar-refractivity contribution in [2.75, 3.05) is 6.54 Å². The lowest BCUT2D eigenvalue weighted by molar-refractivity contribution is 0.314. The Bertz CT molecular complexity index is 399. The van der Waals surface area contributed by atoms with Gasteiger partial charge in [-0.1, -0.05) is 33.6 Å². The molecule has 2 heteroatoms. The van der Waals surface area contributed by atoms with Gasteiger partial charge in [0.15, 0.2) is 0 Å². The monoisotopic (exact) mass is 293 g/mol. The average Bonchev–Trinajstić information content (AvgIpc) is 2.41. The number of rotatable bonds is 9. The summed E-state index contributed by atoms with van der Waals surface area (Å²) in [4.78, 5) is 0. The summed E-state index contributed by atoms with van der Waals surface area (Å²) in [6, 6.07) is 3.71. The Morgan fingerprint density at radius 1 is 0.952 bits per heavy atom. The van der Waals surface area contributed by atoms with Crippen LogP contribution in [0.25, 0.3) is 0 Å². The molecular weight excluding hydrogens is 261 g/mol. The minimum absolute atomic E-state index is 0.120. The van der Waals surface area contributed by atoms with E-state index >= 15 is 0 Å². The lowest BCUT2D eigenvalue weighted by atomic mass is 9.82. The molecule has 21 heavy (non-hydrogen) atoms. The summed E-state index contributed by atoms with van der Waals surface area (Å²) in [5.74, 6) is 0.514. The molecule has 0 fully saturated rings. The topological polar surface area (TPSA) is 12.0 Å². The fourth-order valence-electron chi connectivity index (χ4n) is 3.44. The number of halogens is 1. The molecule has 0 heterocycles. The second-order valence-corrected chi connectivity index (χ2v) is 6.22. The predicted octanol–water partition coefficient (Wildman–Crippen LogP) is 5.70. The number of hydrogen-bond acceptors (Lipinski definition) is 1. The second-order valence-electron chi connectivity index (χ2n) is 6.22. The van der Waals surface area contributed by atoms with Crippen LogP contribution in [0.5, 0.6) is 0 Å². The van der Waals surface area contributed by atoms with Crippen molar-refractivity contribution in [3.05, 3.63) is 34.6 Å². The molecule has 120 valence electrons. The lowest BCUT2D eigenvalue weighted by Gasteiger charge is -2.31. The van der Waals surface area contributed by atoms with Gasteiger partial charge in [0.25, 0.3) is 0 Å². The van der Waals surface area contributed by atoms with Crippen molar-refractivity contribution in [3.63, 3.8) is 0 Å². The van der Waals surface area contributed by atoms with Gasteiger partial charge in [-0.15, -0.1) is 0 Å². The van der Waals surface area contributed by atoms with Crippen molar-refractivity contribution < 1.29 is 4.39 Å². The summed E-state index contributed by atoms with van der Waals surface area (Å²) in [7, 11) is 0. The molecule has 1 atom stereocenters. The molecule has 1 nitrogen and oxygen atoms in total. The van der Waals surface area contributed by atoms with Crippen LogP contribution in [0.15, 0.2) is 12.1 Å². The van der Waals surface area contributed by atoms with Crippen LogP contribution in [-0.4, -0.2) is 6.54 Å². The molecule has 0 aliphatic carbocycles. The van der Waals surface area contributed by atoms with Crippen LogP contribution in [0, 0.1) is 25.6 Å². The van der Waals surface area contributed by atoms with E-state index < -0.39 is 0 Å². The van der Waals surface area contributed by atoms with Crippen LogP contribution in [0.3, 0.4) is 0 Å². The first-order valence-electron chi connectivity index (χ1n) is 8.55. The van der Waals surface area contributed by atoms with Crippen LogP contribution in [0.2, 0.25) is 0 Å². The fourth-order valence-corrected chi connectivity index (χ4v) is 3.44. The van der Waals surface area contributed by atoms with Gasteiger partial charge in [0.1, 0.15) is 5.82 Å². The highest BCUT2D eigenvalue weighted by molar-refractivity contribution is 5.37. The highest BCUT2D eigenvalue weighted by Gasteiger charge is 2.24. The van der Waals surface area contributed by atoms with E-state index in [2.05, 4.69) is 26.1 Å². The molecule has 0 aliphatic rings. The zero-order valence-electron chi connectivity index (χ0n) is 14.4. The summed E-state index contributed by atoms with van der Waals surface area (Å²) in [6.07, 6.45) is 5.99. The van der Waals surface area contributed by atoms with Crippen molar-refractivity contribution in [2.45, 2.75) is 72.8 Å². The maximum absolute atomic E-state index is 13.6. The van der Waals surface area contributed by atoms with E-state index in [0.29, 0.717) is 12.0 Å². The Balaban J connectivity index is 3.16. The largest absolute Gasteiger partial charge is 0.310 e. The molecule has 0 amide bonds. The normalized spacial score (nSPS) is 12.9. The van der Waals surface area contributed by atoms with Crippen molar-refractivity contribution in [1.29, 1.82) is 0 Å². The van der Waals surface area contributed by atoms with Gasteiger partial charge in [-0.2, -0.15) is 0 Å². The number of benzene rings is 1. The van der Waals surface area contributed by atoms with Gasteiger partial charge < -0.3 is 5.32 Å². The smallest absolute Gasteiger partial charge is 0.123 e. The summed E-state index contributed by atoms with van der Waals surface area (Å²) in [5.41, 5.74) is 3.48. The molecule has 1 aromatic rings. The minimum atomic E-state index is -0.120. The fraction of sp³-hybridized carbons (Fsp3) is 0.684. The summed E-state index contributed by atoms with van der Waals surface area (Å²) in [5, 5.41) is 3.73. The van der Waals surface area contributed by atoms with E-state index in [0.717, 1.165) is 24.1 Å². The van der Waals surface area contributed by atoms with E-state index in [-0.39, 0.29) is 5.82 Å². The molecule has 1 N–H and O–H groups in total. The van der Waals surface area contributed by atoms with E-state index in [1.165, 1.54) is 31.2 Å². The first kappa shape index (κ1) is 18.2. The Morgan fingerprint density at radius 2 is 1.48 bits per heavy atom. The quantitative estimate of drug-likeness (QED) is 0.616. The van der Waals surface area contributed by atoms with Gasteiger partial charge in [0.05, 0.1) is 0 Å². The maximum atomic E-state index is 13.6. The van der Waals surface area contributed by atoms with Gasteiger partial charge in [0.2, 0.25) is 0 Å². The van der Waals surface area contributed by atoms with Gasteiger partial charge in [-0.3, -0.25) is 0 Å². The van der Waals surface area contributed by atoms with Crippen LogP contribution >= 0.6 is 0 Å². The standard InChI is InChI=1S/C19H32FN/c1-6-9-16(10-7-2)19(21-11-8-3)18-14(4)12-17(20)13-15(18)5/h12-13,16,19,21H,6-11H2,1-5H3. The number of aryl methyl sites for hydroxylation is 2. The van der Waals surface area contributed by atoms with Crippen molar-refractivity contribution in [2.24, 2.45) is 5.92 Å². The molecule has 1 rings (SSSR count). The molecule has 0 saturated heterocycles. The average molecular weight is 293 g/mol. The minimum Gasteiger partial charge on any atom is -0.310 e. The molecule has 0 aromatic heterocycles.